The van der Waals surface area contributed by atoms with E-state index in [4.69, 9.17) is 10.5 Å². The molecule has 3 N–H and O–H groups in total. The number of anilines is 1. The van der Waals surface area contributed by atoms with Gasteiger partial charge in [-0.3, -0.25) is 4.79 Å². The molecule has 2 aromatic rings. The predicted octanol–water partition coefficient (Wildman–Crippen LogP) is 4.76. The Morgan fingerprint density at radius 1 is 0.966 bits per heavy atom. The van der Waals surface area contributed by atoms with E-state index in [1.165, 1.54) is 6.07 Å². The number of benzene rings is 2. The van der Waals surface area contributed by atoms with Crippen LogP contribution in [0.15, 0.2) is 36.4 Å². The fourth-order valence-electron chi connectivity index (χ4n) is 2.16. The Labute approximate surface area is 166 Å². The summed E-state index contributed by atoms with van der Waals surface area (Å²) in [5.41, 5.74) is 1.51. The second-order valence-electron chi connectivity index (χ2n) is 5.60. The molecular weight excluding hydrogens is 433 g/mol. The van der Waals surface area contributed by atoms with Gasteiger partial charge in [0.2, 0.25) is 5.91 Å². The van der Waals surface area contributed by atoms with E-state index in [0.717, 1.165) is 12.1 Å². The van der Waals surface area contributed by atoms with Crippen molar-refractivity contribution in [1.29, 1.82) is 0 Å². The molecule has 0 saturated carbocycles. The predicted molar refractivity (Wildman–Crippen MR) is 92.1 cm³/mol. The van der Waals surface area contributed by atoms with Gasteiger partial charge in [0.25, 0.3) is 0 Å². The van der Waals surface area contributed by atoms with Crippen LogP contribution < -0.4 is 15.8 Å². The molecule has 0 bridgehead atoms. The lowest BCUT2D eigenvalue weighted by atomic mass is 10.1. The maximum absolute atomic E-state index is 13.9. The molecule has 0 atom stereocenters. The van der Waals surface area contributed by atoms with Crippen LogP contribution in [0.4, 0.5) is 36.4 Å². The van der Waals surface area contributed by atoms with E-state index in [2.05, 4.69) is 5.32 Å². The first-order valence-corrected chi connectivity index (χ1v) is 7.61. The highest BCUT2D eigenvalue weighted by Crippen LogP contribution is 2.36. The van der Waals surface area contributed by atoms with Crippen LogP contribution in [0.1, 0.15) is 16.7 Å². The fraction of sp³-hybridized carbons (Fsp3) is 0.235. The van der Waals surface area contributed by atoms with E-state index in [9.17, 15) is 35.5 Å². The van der Waals surface area contributed by atoms with Crippen LogP contribution >= 0.6 is 12.4 Å². The zero-order valence-electron chi connectivity index (χ0n) is 14.3. The molecule has 0 aromatic heterocycles. The number of rotatable bonds is 5. The van der Waals surface area contributed by atoms with Gasteiger partial charge in [0.15, 0.2) is 0 Å². The van der Waals surface area contributed by atoms with Gasteiger partial charge in [-0.05, 0) is 35.9 Å². The van der Waals surface area contributed by atoms with Gasteiger partial charge < -0.3 is 15.8 Å². The summed E-state index contributed by atoms with van der Waals surface area (Å²) in [7, 11) is 0. The third-order valence-electron chi connectivity index (χ3n) is 3.45. The number of carbonyl (C=O) groups excluding carboxylic acids is 1. The molecule has 160 valence electrons. The molecule has 12 heteroatoms. The number of ether oxygens (including phenoxy) is 1. The molecule has 0 radical (unpaired) electrons. The molecule has 2 aromatic carbocycles. The van der Waals surface area contributed by atoms with Crippen molar-refractivity contribution < 1.29 is 40.3 Å². The number of hydrogen-bond donors (Lipinski definition) is 2. The van der Waals surface area contributed by atoms with E-state index >= 15 is 0 Å². The minimum Gasteiger partial charge on any atom is -0.489 e. The van der Waals surface area contributed by atoms with Crippen molar-refractivity contribution in [1.82, 2.24) is 0 Å². The lowest BCUT2D eigenvalue weighted by Gasteiger charge is -2.15. The standard InChI is InChI=1S/C17H13F7N2O2.ClH/c18-13-6-12(1-2-14(13)26-15(27)7-25)28-8-9-3-10(16(19,20)21)5-11(4-9)17(22,23)24;/h1-6H,7-8,25H2,(H,26,27);1H. The molecule has 0 aliphatic heterocycles. The zero-order valence-corrected chi connectivity index (χ0v) is 15.1. The van der Waals surface area contributed by atoms with Gasteiger partial charge in [-0.25, -0.2) is 4.39 Å². The van der Waals surface area contributed by atoms with Gasteiger partial charge in [0.1, 0.15) is 18.2 Å². The van der Waals surface area contributed by atoms with Crippen LogP contribution in [0.2, 0.25) is 0 Å². The lowest BCUT2D eigenvalue weighted by molar-refractivity contribution is -0.143. The van der Waals surface area contributed by atoms with Crippen molar-refractivity contribution in [3.8, 4) is 5.75 Å². The molecule has 0 spiro atoms. The fourth-order valence-corrected chi connectivity index (χ4v) is 2.16. The van der Waals surface area contributed by atoms with Crippen LogP contribution in [0.3, 0.4) is 0 Å². The Balaban J connectivity index is 0.00000420. The van der Waals surface area contributed by atoms with Crippen molar-refractivity contribution in [2.24, 2.45) is 5.73 Å². The summed E-state index contributed by atoms with van der Waals surface area (Å²) in [6.45, 7) is -1.05. The second kappa shape index (κ2) is 9.31. The second-order valence-corrected chi connectivity index (χ2v) is 5.60. The summed E-state index contributed by atoms with van der Waals surface area (Å²) in [5.74, 6) is -1.73. The topological polar surface area (TPSA) is 64.4 Å². The summed E-state index contributed by atoms with van der Waals surface area (Å²) in [5, 5.41) is 2.16. The van der Waals surface area contributed by atoms with Crippen LogP contribution in [0, 0.1) is 5.82 Å². The smallest absolute Gasteiger partial charge is 0.416 e. The Morgan fingerprint density at radius 3 is 1.97 bits per heavy atom. The van der Waals surface area contributed by atoms with E-state index in [-0.39, 0.29) is 36.5 Å². The number of nitrogens with one attached hydrogen (secondary N) is 1. The highest BCUT2D eigenvalue weighted by molar-refractivity contribution is 5.92. The average molecular weight is 447 g/mol. The van der Waals surface area contributed by atoms with Crippen LogP contribution in [0.25, 0.3) is 0 Å². The minimum absolute atomic E-state index is 0. The van der Waals surface area contributed by atoms with Gasteiger partial charge in [-0.15, -0.1) is 12.4 Å². The first kappa shape index (κ1) is 24.5. The number of nitrogens with two attached hydrogens (primary N) is 1. The SMILES string of the molecule is Cl.NCC(=O)Nc1ccc(OCc2cc(C(F)(F)F)cc(C(F)(F)F)c2)cc1F. The summed E-state index contributed by atoms with van der Waals surface area (Å²) < 4.78 is 95.9. The molecule has 4 nitrogen and oxygen atoms in total. The van der Waals surface area contributed by atoms with E-state index in [1.807, 2.05) is 0 Å². The first-order valence-electron chi connectivity index (χ1n) is 7.61. The van der Waals surface area contributed by atoms with Crippen molar-refractivity contribution >= 4 is 24.0 Å². The average Bonchev–Trinajstić information content (AvgIpc) is 2.60. The number of amides is 1. The number of carbonyl (C=O) groups is 1. The molecule has 0 fully saturated rings. The summed E-state index contributed by atoms with van der Waals surface area (Å²) in [6, 6.07) is 4.16. The Morgan fingerprint density at radius 2 is 1.52 bits per heavy atom. The highest BCUT2D eigenvalue weighted by atomic mass is 35.5. The molecular formula is C17H14ClF7N2O2. The van der Waals surface area contributed by atoms with Crippen molar-refractivity contribution in [3.63, 3.8) is 0 Å². The molecule has 2 rings (SSSR count). The number of hydrogen-bond acceptors (Lipinski definition) is 3. The van der Waals surface area contributed by atoms with Gasteiger partial charge in [0.05, 0.1) is 23.4 Å². The van der Waals surface area contributed by atoms with Gasteiger partial charge in [0, 0.05) is 6.07 Å². The molecule has 0 aliphatic rings. The molecule has 29 heavy (non-hydrogen) atoms. The molecule has 0 heterocycles. The van der Waals surface area contributed by atoms with Crippen LogP contribution in [-0.2, 0) is 23.8 Å². The van der Waals surface area contributed by atoms with Crippen molar-refractivity contribution in [2.75, 3.05) is 11.9 Å². The zero-order chi connectivity index (χ0) is 21.1. The van der Waals surface area contributed by atoms with E-state index in [0.29, 0.717) is 12.1 Å². The summed E-state index contributed by atoms with van der Waals surface area (Å²) in [4.78, 5) is 11.1. The maximum atomic E-state index is 13.9. The van der Waals surface area contributed by atoms with Gasteiger partial charge in [-0.1, -0.05) is 0 Å². The largest absolute Gasteiger partial charge is 0.489 e. The summed E-state index contributed by atoms with van der Waals surface area (Å²) >= 11 is 0. The van der Waals surface area contributed by atoms with Crippen molar-refractivity contribution in [2.45, 2.75) is 19.0 Å². The maximum Gasteiger partial charge on any atom is 0.416 e. The van der Waals surface area contributed by atoms with Crippen LogP contribution in [-0.4, -0.2) is 12.5 Å². The monoisotopic (exact) mass is 446 g/mol. The number of alkyl halides is 6. The number of halogens is 8. The van der Waals surface area contributed by atoms with Crippen molar-refractivity contribution in [3.05, 3.63) is 58.9 Å². The summed E-state index contributed by atoms with van der Waals surface area (Å²) in [6.07, 6.45) is -9.96. The quantitative estimate of drug-likeness (QED) is 0.651. The Bertz CT molecular complexity index is 838. The molecule has 0 unspecified atom stereocenters. The minimum atomic E-state index is -4.98. The normalized spacial score (nSPS) is 11.6. The molecule has 0 saturated heterocycles. The van der Waals surface area contributed by atoms with Gasteiger partial charge in [-0.2, -0.15) is 26.3 Å². The first-order chi connectivity index (χ1) is 12.9. The molecule has 0 aliphatic carbocycles. The lowest BCUT2D eigenvalue weighted by Crippen LogP contribution is -2.22. The third kappa shape index (κ3) is 6.79. The highest BCUT2D eigenvalue weighted by Gasteiger charge is 2.36. The van der Waals surface area contributed by atoms with E-state index < -0.39 is 47.4 Å². The Kier molecular flexibility index (Phi) is 7.87. The molecule has 1 amide bonds. The van der Waals surface area contributed by atoms with Gasteiger partial charge >= 0.3 is 12.4 Å². The third-order valence-corrected chi connectivity index (χ3v) is 3.45. The Hall–Kier alpha value is -2.53. The van der Waals surface area contributed by atoms with Crippen LogP contribution in [0.5, 0.6) is 5.75 Å². The van der Waals surface area contributed by atoms with E-state index in [1.54, 1.807) is 0 Å².